The van der Waals surface area contributed by atoms with E-state index in [4.69, 9.17) is 37.5 Å². The van der Waals surface area contributed by atoms with E-state index in [1.165, 1.54) is 12.4 Å². The summed E-state index contributed by atoms with van der Waals surface area (Å²) < 4.78 is 12.0. The summed E-state index contributed by atoms with van der Waals surface area (Å²) in [5.41, 5.74) is 4.72. The summed E-state index contributed by atoms with van der Waals surface area (Å²) in [7, 11) is 0. The maximum Gasteiger partial charge on any atom is 0.255 e. The number of hydrogen-bond donors (Lipinski definition) is 2. The summed E-state index contributed by atoms with van der Waals surface area (Å²) in [6, 6.07) is 14.8. The molecule has 35 heavy (non-hydrogen) atoms. The van der Waals surface area contributed by atoms with Crippen molar-refractivity contribution in [1.82, 2.24) is 10.5 Å². The van der Waals surface area contributed by atoms with Crippen LogP contribution in [0.25, 0.3) is 5.70 Å². The molecule has 1 aliphatic heterocycles. The molecule has 0 fully saturated rings. The molecule has 2 aromatic carbocycles. The number of carbonyl (C=O) groups excluding carboxylic acids is 1. The number of nitrogens with zero attached hydrogens (tertiary/aromatic N) is 1. The summed E-state index contributed by atoms with van der Waals surface area (Å²) in [4.78, 5) is 22.6. The van der Waals surface area contributed by atoms with E-state index in [0.29, 0.717) is 17.1 Å². The van der Waals surface area contributed by atoms with Crippen molar-refractivity contribution in [2.45, 2.75) is 32.5 Å². The van der Waals surface area contributed by atoms with Crippen molar-refractivity contribution in [2.24, 2.45) is 0 Å². The van der Waals surface area contributed by atoms with Crippen LogP contribution in [0.5, 0.6) is 11.5 Å². The van der Waals surface area contributed by atoms with Gasteiger partial charge in [-0.25, -0.2) is 0 Å². The van der Waals surface area contributed by atoms with Gasteiger partial charge in [-0.3, -0.25) is 20.1 Å². The van der Waals surface area contributed by atoms with Crippen LogP contribution in [0.4, 0.5) is 5.69 Å². The summed E-state index contributed by atoms with van der Waals surface area (Å²) >= 11 is 12.3. The number of carbonyl (C=O) groups is 1. The Kier molecular flexibility index (Phi) is 7.50. The molecule has 0 aliphatic carbocycles. The molecule has 1 aliphatic rings. The van der Waals surface area contributed by atoms with Crippen molar-refractivity contribution in [2.75, 3.05) is 11.9 Å². The predicted octanol–water partition coefficient (Wildman–Crippen LogP) is 6.14. The maximum absolute atomic E-state index is 12.9. The van der Waals surface area contributed by atoms with Gasteiger partial charge in [-0.1, -0.05) is 53.5 Å². The van der Waals surface area contributed by atoms with Gasteiger partial charge in [-0.15, -0.1) is 0 Å². The monoisotopic (exact) mass is 513 g/mol. The smallest absolute Gasteiger partial charge is 0.255 e. The molecule has 0 saturated carbocycles. The van der Waals surface area contributed by atoms with Crippen LogP contribution in [-0.2, 0) is 4.84 Å². The SMILES string of the molecule is CC(C)Oc1ccc(C(=O)Nc2c(Cl)cncc2Cl)cc1OCC1(C)C=C(c2ccccc2)NO1. The zero-order valence-corrected chi connectivity index (χ0v) is 21.0. The topological polar surface area (TPSA) is 81.7 Å². The second-order valence-corrected chi connectivity index (χ2v) is 9.30. The molecule has 1 atom stereocenters. The third-order valence-corrected chi connectivity index (χ3v) is 5.68. The first-order valence-electron chi connectivity index (χ1n) is 11.0. The van der Waals surface area contributed by atoms with Gasteiger partial charge in [0.1, 0.15) is 12.2 Å². The average molecular weight is 514 g/mol. The van der Waals surface area contributed by atoms with Gasteiger partial charge >= 0.3 is 0 Å². The first-order chi connectivity index (χ1) is 16.7. The first kappa shape index (κ1) is 24.9. The summed E-state index contributed by atoms with van der Waals surface area (Å²) in [5, 5.41) is 3.20. The van der Waals surface area contributed by atoms with Crippen molar-refractivity contribution in [3.8, 4) is 11.5 Å². The molecule has 9 heteroatoms. The highest BCUT2D eigenvalue weighted by atomic mass is 35.5. The highest BCUT2D eigenvalue weighted by Crippen LogP contribution is 2.34. The quantitative estimate of drug-likeness (QED) is 0.376. The van der Waals surface area contributed by atoms with Crippen molar-refractivity contribution in [3.05, 3.63) is 88.2 Å². The highest BCUT2D eigenvalue weighted by molar-refractivity contribution is 6.39. The first-order valence-corrected chi connectivity index (χ1v) is 11.8. The van der Waals surface area contributed by atoms with Crippen LogP contribution in [0.2, 0.25) is 10.0 Å². The molecule has 4 rings (SSSR count). The molecule has 0 bridgehead atoms. The van der Waals surface area contributed by atoms with Gasteiger partial charge in [-0.05, 0) is 50.6 Å². The van der Waals surface area contributed by atoms with Crippen molar-refractivity contribution < 1.29 is 19.1 Å². The van der Waals surface area contributed by atoms with Crippen LogP contribution < -0.4 is 20.3 Å². The van der Waals surface area contributed by atoms with Crippen molar-refractivity contribution in [1.29, 1.82) is 0 Å². The van der Waals surface area contributed by atoms with E-state index in [9.17, 15) is 4.79 Å². The van der Waals surface area contributed by atoms with Crippen LogP contribution >= 0.6 is 23.2 Å². The molecule has 1 amide bonds. The lowest BCUT2D eigenvalue weighted by Crippen LogP contribution is -2.33. The van der Waals surface area contributed by atoms with E-state index < -0.39 is 11.5 Å². The fourth-order valence-electron chi connectivity index (χ4n) is 3.42. The van der Waals surface area contributed by atoms with Gasteiger partial charge in [0.15, 0.2) is 11.5 Å². The van der Waals surface area contributed by atoms with Gasteiger partial charge in [0, 0.05) is 18.0 Å². The van der Waals surface area contributed by atoms with Crippen LogP contribution in [0.1, 0.15) is 36.7 Å². The minimum absolute atomic E-state index is 0.0870. The summed E-state index contributed by atoms with van der Waals surface area (Å²) in [6.07, 6.45) is 4.70. The molecule has 2 heterocycles. The number of nitrogens with one attached hydrogen (secondary N) is 2. The van der Waals surface area contributed by atoms with Crippen molar-refractivity contribution >= 4 is 40.5 Å². The normalized spacial score (nSPS) is 17.0. The minimum Gasteiger partial charge on any atom is -0.487 e. The number of rotatable bonds is 8. The largest absolute Gasteiger partial charge is 0.487 e. The molecular formula is C26H25Cl2N3O4. The molecular weight excluding hydrogens is 489 g/mol. The molecule has 7 nitrogen and oxygen atoms in total. The zero-order valence-electron chi connectivity index (χ0n) is 19.5. The lowest BCUT2D eigenvalue weighted by Gasteiger charge is -2.22. The Morgan fingerprint density at radius 2 is 1.83 bits per heavy atom. The van der Waals surface area contributed by atoms with Crippen molar-refractivity contribution in [3.63, 3.8) is 0 Å². The molecule has 3 aromatic rings. The Morgan fingerprint density at radius 3 is 2.51 bits per heavy atom. The number of pyridine rings is 1. The summed E-state index contributed by atoms with van der Waals surface area (Å²) in [5.74, 6) is 0.514. The molecule has 182 valence electrons. The lowest BCUT2D eigenvalue weighted by atomic mass is 10.0. The number of amides is 1. The van der Waals surface area contributed by atoms with Crippen LogP contribution in [0, 0.1) is 0 Å². The van der Waals surface area contributed by atoms with E-state index in [1.54, 1.807) is 18.2 Å². The Hall–Kier alpha value is -3.26. The number of ether oxygens (including phenoxy) is 2. The molecule has 1 unspecified atom stereocenters. The standard InChI is InChI=1S/C26H25Cl2N3O4/c1-16(2)34-22-10-9-18(25(32)30-24-19(27)13-29-14-20(24)28)11-23(22)33-15-26(3)12-21(31-35-26)17-7-5-4-6-8-17/h4-14,16,31H,15H2,1-3H3,(H,29,30,32). The maximum atomic E-state index is 12.9. The number of halogens is 2. The zero-order chi connectivity index (χ0) is 25.0. The van der Waals surface area contributed by atoms with E-state index in [1.807, 2.05) is 57.2 Å². The third-order valence-electron chi connectivity index (χ3n) is 5.10. The number of anilines is 1. The highest BCUT2D eigenvalue weighted by Gasteiger charge is 2.32. The fourth-order valence-corrected chi connectivity index (χ4v) is 3.88. The van der Waals surface area contributed by atoms with Gasteiger partial charge in [-0.2, -0.15) is 0 Å². The van der Waals surface area contributed by atoms with Gasteiger partial charge < -0.3 is 14.8 Å². The Balaban J connectivity index is 1.54. The Labute approximate surface area is 214 Å². The number of hydrogen-bond acceptors (Lipinski definition) is 6. The summed E-state index contributed by atoms with van der Waals surface area (Å²) in [6.45, 7) is 5.91. The van der Waals surface area contributed by atoms with Gasteiger partial charge in [0.2, 0.25) is 0 Å². The average Bonchev–Trinajstić information content (AvgIpc) is 3.23. The van der Waals surface area contributed by atoms with Gasteiger partial charge in [0.05, 0.1) is 27.5 Å². The predicted molar refractivity (Wildman–Crippen MR) is 137 cm³/mol. The van der Waals surface area contributed by atoms with Crippen LogP contribution in [-0.4, -0.2) is 29.2 Å². The second kappa shape index (κ2) is 10.6. The second-order valence-electron chi connectivity index (χ2n) is 8.49. The molecule has 0 spiro atoms. The Bertz CT molecular complexity index is 1230. The molecule has 0 radical (unpaired) electrons. The van der Waals surface area contributed by atoms with Crippen LogP contribution in [0.15, 0.2) is 67.0 Å². The lowest BCUT2D eigenvalue weighted by molar-refractivity contribution is -0.0477. The van der Waals surface area contributed by atoms with Crippen LogP contribution in [0.3, 0.4) is 0 Å². The number of benzene rings is 2. The third kappa shape index (κ3) is 6.06. The van der Waals surface area contributed by atoms with E-state index in [2.05, 4.69) is 15.8 Å². The number of hydroxylamine groups is 1. The van der Waals surface area contributed by atoms with E-state index in [0.717, 1.165) is 11.3 Å². The number of aromatic nitrogens is 1. The fraction of sp³-hybridized carbons (Fsp3) is 0.231. The molecule has 2 N–H and O–H groups in total. The Morgan fingerprint density at radius 1 is 1.11 bits per heavy atom. The van der Waals surface area contributed by atoms with E-state index in [-0.39, 0.29) is 28.4 Å². The minimum atomic E-state index is -0.739. The molecule has 1 aromatic heterocycles. The molecule has 0 saturated heterocycles. The van der Waals surface area contributed by atoms with E-state index >= 15 is 0 Å². The van der Waals surface area contributed by atoms with Gasteiger partial charge in [0.25, 0.3) is 5.91 Å².